The summed E-state index contributed by atoms with van der Waals surface area (Å²) in [6.45, 7) is 1.72. The van der Waals surface area contributed by atoms with Gasteiger partial charge in [-0.2, -0.15) is 0 Å². The molecule has 0 bridgehead atoms. The van der Waals surface area contributed by atoms with E-state index in [1.54, 1.807) is 0 Å². The molecule has 1 aromatic rings. The molecule has 0 saturated carbocycles. The number of hydrogen-bond acceptors (Lipinski definition) is 3. The zero-order valence-electron chi connectivity index (χ0n) is 10.7. The first-order valence-corrected chi connectivity index (χ1v) is 6.15. The summed E-state index contributed by atoms with van der Waals surface area (Å²) in [5.41, 5.74) is 0.407. The summed E-state index contributed by atoms with van der Waals surface area (Å²) in [5, 5.41) is 8.56. The lowest BCUT2D eigenvalue weighted by molar-refractivity contribution is -0.131. The van der Waals surface area contributed by atoms with Crippen LogP contribution in [0.2, 0.25) is 0 Å². The molecule has 0 radical (unpaired) electrons. The van der Waals surface area contributed by atoms with Gasteiger partial charge in [0.15, 0.2) is 0 Å². The Hall–Kier alpha value is -2.21. The lowest BCUT2D eigenvalue weighted by Crippen LogP contribution is -2.41. The summed E-state index contributed by atoms with van der Waals surface area (Å²) in [6, 6.07) is 3.94. The summed E-state index contributed by atoms with van der Waals surface area (Å²) in [4.78, 5) is 24.2. The Morgan fingerprint density at radius 3 is 2.65 bits per heavy atom. The van der Waals surface area contributed by atoms with Gasteiger partial charge in [0.05, 0.1) is 18.8 Å². The summed E-state index contributed by atoms with van der Waals surface area (Å²) >= 11 is 0. The van der Waals surface area contributed by atoms with Crippen LogP contribution in [0.5, 0.6) is 0 Å². The van der Waals surface area contributed by atoms with Gasteiger partial charge in [0, 0.05) is 19.2 Å². The van der Waals surface area contributed by atoms with Crippen LogP contribution < -0.4 is 0 Å². The molecule has 1 N–H and O–H groups in total. The van der Waals surface area contributed by atoms with E-state index < -0.39 is 17.7 Å². The number of nitrogens with zero attached hydrogens (tertiary/aromatic N) is 1. The molecule has 0 atom stereocenters. The van der Waals surface area contributed by atoms with E-state index in [1.807, 2.05) is 0 Å². The van der Waals surface area contributed by atoms with Crippen molar-refractivity contribution in [2.24, 2.45) is 0 Å². The molecule has 1 aliphatic rings. The van der Waals surface area contributed by atoms with Gasteiger partial charge in [-0.1, -0.05) is 6.07 Å². The lowest BCUT2D eigenvalue weighted by atomic mass is 10.1. The third-order valence-corrected chi connectivity index (χ3v) is 2.94. The van der Waals surface area contributed by atoms with E-state index in [4.69, 9.17) is 9.84 Å². The highest BCUT2D eigenvalue weighted by atomic mass is 19.1. The normalized spacial score (nSPS) is 15.6. The van der Waals surface area contributed by atoms with Gasteiger partial charge in [0.2, 0.25) is 0 Å². The Balaban J connectivity index is 2.23. The van der Waals surface area contributed by atoms with Crippen LogP contribution in [0.3, 0.4) is 0 Å². The number of morpholine rings is 1. The van der Waals surface area contributed by atoms with E-state index in [2.05, 4.69) is 0 Å². The monoisotopic (exact) mass is 279 g/mol. The molecule has 6 heteroatoms. The molecule has 1 aliphatic heterocycles. The average molecular weight is 279 g/mol. The van der Waals surface area contributed by atoms with Crippen LogP contribution in [0.25, 0.3) is 6.08 Å². The van der Waals surface area contributed by atoms with E-state index in [-0.39, 0.29) is 5.56 Å². The molecule has 106 valence electrons. The minimum Gasteiger partial charge on any atom is -0.478 e. The fourth-order valence-electron chi connectivity index (χ4n) is 1.91. The molecular formula is C14H14FNO4. The molecule has 0 aromatic heterocycles. The first kappa shape index (κ1) is 14.2. The first-order valence-electron chi connectivity index (χ1n) is 6.15. The number of carbonyl (C=O) groups is 2. The van der Waals surface area contributed by atoms with Crippen LogP contribution in [-0.4, -0.2) is 48.2 Å². The van der Waals surface area contributed by atoms with Crippen molar-refractivity contribution >= 4 is 18.0 Å². The van der Waals surface area contributed by atoms with Gasteiger partial charge >= 0.3 is 5.97 Å². The maximum absolute atomic E-state index is 13.8. The number of hydrogen-bond donors (Lipinski definition) is 1. The van der Waals surface area contributed by atoms with Gasteiger partial charge in [0.1, 0.15) is 5.82 Å². The second kappa shape index (κ2) is 6.29. The third kappa shape index (κ3) is 3.42. The molecule has 0 unspecified atom stereocenters. The molecule has 5 nitrogen and oxygen atoms in total. The molecule has 1 amide bonds. The fourth-order valence-corrected chi connectivity index (χ4v) is 1.91. The highest BCUT2D eigenvalue weighted by Crippen LogP contribution is 2.15. The zero-order valence-corrected chi connectivity index (χ0v) is 10.7. The van der Waals surface area contributed by atoms with E-state index >= 15 is 0 Å². The number of carboxylic acid groups (broad SMARTS) is 1. The molecule has 20 heavy (non-hydrogen) atoms. The van der Waals surface area contributed by atoms with Crippen LogP contribution in [0.1, 0.15) is 15.9 Å². The number of amides is 1. The van der Waals surface area contributed by atoms with E-state index in [9.17, 15) is 14.0 Å². The van der Waals surface area contributed by atoms with Crippen LogP contribution in [0.15, 0.2) is 24.3 Å². The predicted octanol–water partition coefficient (Wildman–Crippen LogP) is 1.40. The van der Waals surface area contributed by atoms with Crippen LogP contribution in [0, 0.1) is 5.82 Å². The summed E-state index contributed by atoms with van der Waals surface area (Å²) in [7, 11) is 0. The maximum Gasteiger partial charge on any atom is 0.328 e. The number of aliphatic carboxylic acids is 1. The number of rotatable bonds is 3. The molecular weight excluding hydrogens is 265 g/mol. The Morgan fingerprint density at radius 1 is 1.30 bits per heavy atom. The predicted molar refractivity (Wildman–Crippen MR) is 69.8 cm³/mol. The molecule has 0 spiro atoms. The summed E-state index contributed by atoms with van der Waals surface area (Å²) in [6.07, 6.45) is 2.26. The maximum atomic E-state index is 13.8. The third-order valence-electron chi connectivity index (χ3n) is 2.94. The highest BCUT2D eigenvalue weighted by Gasteiger charge is 2.21. The van der Waals surface area contributed by atoms with Crippen molar-refractivity contribution in [3.8, 4) is 0 Å². The van der Waals surface area contributed by atoms with Crippen molar-refractivity contribution in [2.75, 3.05) is 26.3 Å². The molecule has 1 fully saturated rings. The van der Waals surface area contributed by atoms with Gasteiger partial charge in [-0.25, -0.2) is 9.18 Å². The Labute approximate surface area is 115 Å². The molecule has 2 rings (SSSR count). The number of benzene rings is 1. The van der Waals surface area contributed by atoms with Gasteiger partial charge in [-0.05, 0) is 23.8 Å². The van der Waals surface area contributed by atoms with Crippen molar-refractivity contribution in [1.82, 2.24) is 4.90 Å². The van der Waals surface area contributed by atoms with E-state index in [0.717, 1.165) is 12.1 Å². The average Bonchev–Trinajstić information content (AvgIpc) is 2.46. The van der Waals surface area contributed by atoms with Gasteiger partial charge in [-0.3, -0.25) is 4.79 Å². The van der Waals surface area contributed by atoms with Crippen LogP contribution in [-0.2, 0) is 9.53 Å². The van der Waals surface area contributed by atoms with Crippen LogP contribution in [0.4, 0.5) is 4.39 Å². The zero-order chi connectivity index (χ0) is 14.5. The summed E-state index contributed by atoms with van der Waals surface area (Å²) in [5.74, 6) is -2.12. The minimum atomic E-state index is -1.10. The van der Waals surface area contributed by atoms with Gasteiger partial charge in [-0.15, -0.1) is 0 Å². The number of carbonyl (C=O) groups excluding carboxylic acids is 1. The van der Waals surface area contributed by atoms with E-state index in [1.165, 1.54) is 23.1 Å². The lowest BCUT2D eigenvalue weighted by Gasteiger charge is -2.27. The second-order valence-corrected chi connectivity index (χ2v) is 4.32. The first-order chi connectivity index (χ1) is 9.58. The van der Waals surface area contributed by atoms with Crippen LogP contribution >= 0.6 is 0 Å². The van der Waals surface area contributed by atoms with Gasteiger partial charge in [0.25, 0.3) is 5.91 Å². The van der Waals surface area contributed by atoms with E-state index in [0.29, 0.717) is 31.9 Å². The van der Waals surface area contributed by atoms with Crippen molar-refractivity contribution in [3.63, 3.8) is 0 Å². The van der Waals surface area contributed by atoms with Gasteiger partial charge < -0.3 is 14.7 Å². The standard InChI is InChI=1S/C14H14FNO4/c15-12-3-1-10(2-4-13(17)18)9-11(12)14(19)16-5-7-20-8-6-16/h1-4,9H,5-8H2,(H,17,18). The molecule has 1 aromatic carbocycles. The van der Waals surface area contributed by atoms with Crippen molar-refractivity contribution in [2.45, 2.75) is 0 Å². The molecule has 1 saturated heterocycles. The second-order valence-electron chi connectivity index (χ2n) is 4.32. The Bertz CT molecular complexity index is 550. The SMILES string of the molecule is O=C(O)C=Cc1ccc(F)c(C(=O)N2CCOCC2)c1. The number of carboxylic acids is 1. The fraction of sp³-hybridized carbons (Fsp3) is 0.286. The smallest absolute Gasteiger partial charge is 0.328 e. The van der Waals surface area contributed by atoms with Crippen molar-refractivity contribution in [3.05, 3.63) is 41.2 Å². The largest absolute Gasteiger partial charge is 0.478 e. The Morgan fingerprint density at radius 2 is 2.00 bits per heavy atom. The highest BCUT2D eigenvalue weighted by molar-refractivity contribution is 5.95. The number of halogens is 1. The minimum absolute atomic E-state index is 0.0561. The topological polar surface area (TPSA) is 66.8 Å². The van der Waals surface area contributed by atoms with Crippen molar-refractivity contribution < 1.29 is 23.8 Å². The molecule has 0 aliphatic carbocycles. The Kier molecular flexibility index (Phi) is 4.47. The van der Waals surface area contributed by atoms with Crippen molar-refractivity contribution in [1.29, 1.82) is 0 Å². The summed E-state index contributed by atoms with van der Waals surface area (Å²) < 4.78 is 18.9. The quantitative estimate of drug-likeness (QED) is 0.849. The number of ether oxygens (including phenoxy) is 1. The molecule has 1 heterocycles.